The Labute approximate surface area is 216 Å². The molecule has 37 heavy (non-hydrogen) atoms. The molecule has 8 nitrogen and oxygen atoms in total. The molecule has 5 rings (SSSR count). The molecule has 1 N–H and O–H groups in total. The second kappa shape index (κ2) is 10.5. The number of carbonyl (C=O) groups excluding carboxylic acids is 1. The molecule has 9 heteroatoms. The lowest BCUT2D eigenvalue weighted by Gasteiger charge is -2.36. The summed E-state index contributed by atoms with van der Waals surface area (Å²) in [7, 11) is -3.86. The van der Waals surface area contributed by atoms with Gasteiger partial charge < -0.3 is 4.90 Å². The largest absolute Gasteiger partial charge is 0.336 e. The standard InChI is InChI=1S/C28H27N5O3S/c29-19-21-4-1-5-22(18-21)20-32-14-16-33(17-15-32)28(34)24-9-11-25(12-10-24)31-37(35,36)26-8-2-6-23-7-3-13-30-27(23)26/h1-13,22,31H,14-18,20H2. The van der Waals surface area contributed by atoms with Crippen molar-refractivity contribution in [1.29, 1.82) is 5.26 Å². The average Bonchev–Trinajstić information content (AvgIpc) is 2.93. The van der Waals surface area contributed by atoms with Crippen LogP contribution in [0.5, 0.6) is 0 Å². The maximum Gasteiger partial charge on any atom is 0.264 e. The molecule has 1 aromatic heterocycles. The summed E-state index contributed by atoms with van der Waals surface area (Å²) < 4.78 is 28.7. The van der Waals surface area contributed by atoms with Crippen LogP contribution in [0.1, 0.15) is 16.8 Å². The van der Waals surface area contributed by atoms with Crippen LogP contribution < -0.4 is 4.72 Å². The van der Waals surface area contributed by atoms with Gasteiger partial charge in [-0.25, -0.2) is 8.42 Å². The number of sulfonamides is 1. The van der Waals surface area contributed by atoms with Crippen LogP contribution in [0.2, 0.25) is 0 Å². The summed E-state index contributed by atoms with van der Waals surface area (Å²) in [5.41, 5.74) is 2.11. The van der Waals surface area contributed by atoms with E-state index in [0.717, 1.165) is 37.0 Å². The number of fused-ring (bicyclic) bond motifs is 1. The van der Waals surface area contributed by atoms with Gasteiger partial charge in [0, 0.05) is 61.1 Å². The number of hydrogen-bond donors (Lipinski definition) is 1. The first-order valence-electron chi connectivity index (χ1n) is 12.2. The monoisotopic (exact) mass is 513 g/mol. The number of anilines is 1. The number of pyridine rings is 1. The number of nitrogens with one attached hydrogen (secondary N) is 1. The molecule has 1 atom stereocenters. The van der Waals surface area contributed by atoms with E-state index in [1.54, 1.807) is 42.6 Å². The molecule has 2 aromatic carbocycles. The minimum absolute atomic E-state index is 0.0698. The number of para-hydroxylation sites is 1. The molecule has 188 valence electrons. The Kier molecular flexibility index (Phi) is 7.04. The Bertz CT molecular complexity index is 1510. The van der Waals surface area contributed by atoms with Crippen molar-refractivity contribution < 1.29 is 13.2 Å². The number of aromatic nitrogens is 1. The molecule has 1 aliphatic carbocycles. The third kappa shape index (κ3) is 5.56. The SMILES string of the molecule is N#CC1=CC=CC(CN2CCN(C(=O)c3ccc(NS(=O)(=O)c4cccc5cccnc45)cc3)CC2)C1. The molecule has 1 amide bonds. The molecule has 1 aliphatic heterocycles. The van der Waals surface area contributed by atoms with E-state index in [0.29, 0.717) is 35.8 Å². The summed E-state index contributed by atoms with van der Waals surface area (Å²) in [6.45, 7) is 3.67. The quantitative estimate of drug-likeness (QED) is 0.537. The lowest BCUT2D eigenvalue weighted by Crippen LogP contribution is -2.49. The van der Waals surface area contributed by atoms with Gasteiger partial charge in [0.25, 0.3) is 15.9 Å². The van der Waals surface area contributed by atoms with Gasteiger partial charge in [0.15, 0.2) is 0 Å². The Morgan fingerprint density at radius 1 is 1.05 bits per heavy atom. The predicted octanol–water partition coefficient (Wildman–Crippen LogP) is 3.82. The third-order valence-electron chi connectivity index (χ3n) is 6.73. The highest BCUT2D eigenvalue weighted by Gasteiger charge is 2.24. The molecule has 0 spiro atoms. The Balaban J connectivity index is 1.18. The van der Waals surface area contributed by atoms with Gasteiger partial charge in [-0.15, -0.1) is 0 Å². The first-order chi connectivity index (χ1) is 17.9. The summed E-state index contributed by atoms with van der Waals surface area (Å²) in [5, 5.41) is 9.88. The first kappa shape index (κ1) is 24.7. The molecule has 2 aliphatic rings. The van der Waals surface area contributed by atoms with Crippen LogP contribution in [-0.2, 0) is 10.0 Å². The van der Waals surface area contributed by atoms with Crippen molar-refractivity contribution in [2.45, 2.75) is 11.3 Å². The highest BCUT2D eigenvalue weighted by atomic mass is 32.2. The Morgan fingerprint density at radius 2 is 1.81 bits per heavy atom. The zero-order chi connectivity index (χ0) is 25.8. The number of amides is 1. The van der Waals surface area contributed by atoms with Crippen molar-refractivity contribution in [2.75, 3.05) is 37.4 Å². The lowest BCUT2D eigenvalue weighted by atomic mass is 9.94. The van der Waals surface area contributed by atoms with Gasteiger partial charge in [-0.3, -0.25) is 19.4 Å². The van der Waals surface area contributed by atoms with Crippen LogP contribution in [0.4, 0.5) is 5.69 Å². The molecular weight excluding hydrogens is 486 g/mol. The van der Waals surface area contributed by atoms with Crippen molar-refractivity contribution in [3.63, 3.8) is 0 Å². The van der Waals surface area contributed by atoms with Crippen molar-refractivity contribution in [3.8, 4) is 6.07 Å². The van der Waals surface area contributed by atoms with Gasteiger partial charge in [0.05, 0.1) is 11.6 Å². The number of piperazine rings is 1. The van der Waals surface area contributed by atoms with Crippen molar-refractivity contribution in [1.82, 2.24) is 14.8 Å². The fourth-order valence-electron chi connectivity index (χ4n) is 4.79. The number of nitriles is 1. The molecule has 1 saturated heterocycles. The molecule has 1 fully saturated rings. The minimum atomic E-state index is -3.86. The number of allylic oxidation sites excluding steroid dienone is 3. The van der Waals surface area contributed by atoms with E-state index in [-0.39, 0.29) is 10.8 Å². The third-order valence-corrected chi connectivity index (χ3v) is 8.14. The molecular formula is C28H27N5O3S. The second-order valence-corrected chi connectivity index (χ2v) is 10.9. The van der Waals surface area contributed by atoms with Crippen molar-refractivity contribution in [2.24, 2.45) is 5.92 Å². The summed E-state index contributed by atoms with van der Waals surface area (Å²) in [6.07, 6.45) is 8.29. The summed E-state index contributed by atoms with van der Waals surface area (Å²) in [4.78, 5) is 21.5. The summed E-state index contributed by atoms with van der Waals surface area (Å²) in [5.74, 6) is 0.252. The molecule has 2 heterocycles. The van der Waals surface area contributed by atoms with Gasteiger partial charge >= 0.3 is 0 Å². The van der Waals surface area contributed by atoms with E-state index >= 15 is 0 Å². The molecule has 3 aromatic rings. The maximum atomic E-state index is 13.0. The summed E-state index contributed by atoms with van der Waals surface area (Å²) in [6, 6.07) is 17.4. The van der Waals surface area contributed by atoms with Crippen LogP contribution in [0.15, 0.2) is 89.5 Å². The van der Waals surface area contributed by atoms with Gasteiger partial charge in [-0.2, -0.15) is 5.26 Å². The number of nitrogens with zero attached hydrogens (tertiary/aromatic N) is 4. The van der Waals surface area contributed by atoms with E-state index < -0.39 is 10.0 Å². The molecule has 0 bridgehead atoms. The van der Waals surface area contributed by atoms with E-state index in [1.807, 2.05) is 29.2 Å². The van der Waals surface area contributed by atoms with Crippen LogP contribution in [0, 0.1) is 17.2 Å². The van der Waals surface area contributed by atoms with Crippen LogP contribution in [-0.4, -0.2) is 61.8 Å². The lowest BCUT2D eigenvalue weighted by molar-refractivity contribution is 0.0625. The minimum Gasteiger partial charge on any atom is -0.336 e. The molecule has 0 saturated carbocycles. The van der Waals surface area contributed by atoms with Crippen LogP contribution in [0.3, 0.4) is 0 Å². The Hall–Kier alpha value is -4.00. The zero-order valence-electron chi connectivity index (χ0n) is 20.2. The molecule has 0 radical (unpaired) electrons. The number of rotatable bonds is 6. The summed E-state index contributed by atoms with van der Waals surface area (Å²) >= 11 is 0. The highest BCUT2D eigenvalue weighted by Crippen LogP contribution is 2.24. The van der Waals surface area contributed by atoms with E-state index in [9.17, 15) is 13.2 Å². The zero-order valence-corrected chi connectivity index (χ0v) is 21.1. The first-order valence-corrected chi connectivity index (χ1v) is 13.7. The number of carbonyl (C=O) groups is 1. The Morgan fingerprint density at radius 3 is 2.57 bits per heavy atom. The van der Waals surface area contributed by atoms with E-state index in [2.05, 4.69) is 26.8 Å². The normalized spacial score (nSPS) is 18.3. The average molecular weight is 514 g/mol. The number of benzene rings is 2. The molecule has 1 unspecified atom stereocenters. The van der Waals surface area contributed by atoms with E-state index in [4.69, 9.17) is 5.26 Å². The van der Waals surface area contributed by atoms with Gasteiger partial charge in [-0.05, 0) is 54.8 Å². The van der Waals surface area contributed by atoms with Crippen LogP contribution >= 0.6 is 0 Å². The topological polar surface area (TPSA) is 106 Å². The number of hydrogen-bond acceptors (Lipinski definition) is 6. The van der Waals surface area contributed by atoms with Gasteiger partial charge in [0.1, 0.15) is 4.90 Å². The fraction of sp³-hybridized carbons (Fsp3) is 0.250. The highest BCUT2D eigenvalue weighted by molar-refractivity contribution is 7.93. The van der Waals surface area contributed by atoms with Gasteiger partial charge in [-0.1, -0.05) is 30.4 Å². The van der Waals surface area contributed by atoms with E-state index in [1.165, 1.54) is 6.07 Å². The smallest absolute Gasteiger partial charge is 0.264 e. The van der Waals surface area contributed by atoms with Crippen molar-refractivity contribution >= 4 is 32.5 Å². The van der Waals surface area contributed by atoms with Gasteiger partial charge in [0.2, 0.25) is 0 Å². The van der Waals surface area contributed by atoms with Crippen LogP contribution in [0.25, 0.3) is 10.9 Å². The second-order valence-electron chi connectivity index (χ2n) is 9.26. The predicted molar refractivity (Wildman–Crippen MR) is 142 cm³/mol. The maximum absolute atomic E-state index is 13.0. The van der Waals surface area contributed by atoms with Crippen molar-refractivity contribution in [3.05, 3.63) is 90.2 Å². The fourth-order valence-corrected chi connectivity index (χ4v) is 6.03.